The van der Waals surface area contributed by atoms with E-state index < -0.39 is 70.4 Å². The van der Waals surface area contributed by atoms with Crippen LogP contribution in [0, 0.1) is 23.7 Å². The van der Waals surface area contributed by atoms with Crippen LogP contribution in [0.25, 0.3) is 0 Å². The van der Waals surface area contributed by atoms with Crippen molar-refractivity contribution in [1.29, 1.82) is 0 Å². The summed E-state index contributed by atoms with van der Waals surface area (Å²) in [5, 5.41) is 16.4. The topological polar surface area (TPSA) is 133 Å². The van der Waals surface area contributed by atoms with E-state index in [4.69, 9.17) is 19.0 Å². The van der Waals surface area contributed by atoms with Crippen LogP contribution in [-0.4, -0.2) is 76.5 Å². The first-order valence-electron chi connectivity index (χ1n) is 15.7. The summed E-state index contributed by atoms with van der Waals surface area (Å²) in [4.78, 5) is 49.3. The number of nitrogens with zero attached hydrogens (tertiary/aromatic N) is 2. The summed E-state index contributed by atoms with van der Waals surface area (Å²) in [5.41, 5.74) is -4.26. The lowest BCUT2D eigenvalue weighted by Gasteiger charge is -2.44. The number of cyclic esters (lactones) is 1. The average molecular weight is 633 g/mol. The normalized spacial score (nSPS) is 39.0. The van der Waals surface area contributed by atoms with E-state index in [-0.39, 0.29) is 32.7 Å². The SMILES string of the molecule is CCC1OC(=O)C(C)(F)C(=O)C(C)C(C)C2(C)CC(C)C(=NC(C)=O)C(C)C(OC/C(=N/OCc3ccccc3)CO2)C1(C)O. The van der Waals surface area contributed by atoms with E-state index in [9.17, 15) is 19.5 Å². The fourth-order valence-electron chi connectivity index (χ4n) is 6.53. The molecule has 1 aromatic rings. The highest BCUT2D eigenvalue weighted by Crippen LogP contribution is 2.40. The molecule has 0 radical (unpaired) electrons. The Kier molecular flexibility index (Phi) is 11.8. The second kappa shape index (κ2) is 14.6. The molecule has 250 valence electrons. The minimum absolute atomic E-state index is 0.0643. The Hall–Kier alpha value is -3.02. The molecule has 3 rings (SSSR count). The van der Waals surface area contributed by atoms with Crippen LogP contribution in [-0.2, 0) is 40.0 Å². The summed E-state index contributed by atoms with van der Waals surface area (Å²) in [7, 11) is 0. The highest BCUT2D eigenvalue weighted by molar-refractivity contribution is 6.07. The maximum atomic E-state index is 16.1. The van der Waals surface area contributed by atoms with Gasteiger partial charge in [-0.3, -0.25) is 9.59 Å². The molecule has 2 aliphatic heterocycles. The van der Waals surface area contributed by atoms with Crippen molar-refractivity contribution in [3.63, 3.8) is 0 Å². The van der Waals surface area contributed by atoms with Crippen LogP contribution in [0.15, 0.2) is 40.5 Å². The highest BCUT2D eigenvalue weighted by Gasteiger charge is 2.54. The predicted octanol–water partition coefficient (Wildman–Crippen LogP) is 5.04. The highest BCUT2D eigenvalue weighted by atomic mass is 19.1. The van der Waals surface area contributed by atoms with Crippen molar-refractivity contribution >= 4 is 29.1 Å². The number of carbonyl (C=O) groups is 3. The summed E-state index contributed by atoms with van der Waals surface area (Å²) >= 11 is 0. The van der Waals surface area contributed by atoms with Gasteiger partial charge in [0.1, 0.15) is 24.0 Å². The lowest BCUT2D eigenvalue weighted by Crippen LogP contribution is -2.59. The Balaban J connectivity index is 2.24. The number of oxime groups is 1. The number of aliphatic imine (C=N–C) groups is 1. The van der Waals surface area contributed by atoms with Crippen LogP contribution in [0.2, 0.25) is 0 Å². The fourth-order valence-corrected chi connectivity index (χ4v) is 6.53. The first-order valence-corrected chi connectivity index (χ1v) is 15.7. The zero-order valence-electron chi connectivity index (χ0n) is 28.0. The number of halogens is 1. The number of ether oxygens (including phenoxy) is 3. The van der Waals surface area contributed by atoms with Gasteiger partial charge in [-0.2, -0.15) is 0 Å². The number of benzene rings is 1. The predicted molar refractivity (Wildman–Crippen MR) is 167 cm³/mol. The van der Waals surface area contributed by atoms with E-state index >= 15 is 4.39 Å². The molecule has 2 bridgehead atoms. The van der Waals surface area contributed by atoms with Gasteiger partial charge in [0.2, 0.25) is 5.91 Å². The van der Waals surface area contributed by atoms with E-state index in [1.165, 1.54) is 13.8 Å². The van der Waals surface area contributed by atoms with Gasteiger partial charge in [-0.15, -0.1) is 0 Å². The van der Waals surface area contributed by atoms with Crippen LogP contribution < -0.4 is 0 Å². The lowest BCUT2D eigenvalue weighted by molar-refractivity contribution is -0.198. The van der Waals surface area contributed by atoms with Gasteiger partial charge in [0.25, 0.3) is 5.67 Å². The van der Waals surface area contributed by atoms with Crippen molar-refractivity contribution < 1.29 is 42.9 Å². The largest absolute Gasteiger partial charge is 0.457 e. The molecule has 9 unspecified atom stereocenters. The number of alkyl halides is 1. The van der Waals surface area contributed by atoms with Crippen molar-refractivity contribution in [3.8, 4) is 0 Å². The fraction of sp³-hybridized carbons (Fsp3) is 0.676. The Labute approximate surface area is 265 Å². The summed E-state index contributed by atoms with van der Waals surface area (Å²) in [5.74, 6) is -5.43. The van der Waals surface area contributed by atoms with E-state index in [1.807, 2.05) is 44.2 Å². The number of esters is 1. The van der Waals surface area contributed by atoms with Gasteiger partial charge in [0, 0.05) is 24.5 Å². The van der Waals surface area contributed by atoms with Gasteiger partial charge < -0.3 is 24.2 Å². The molecule has 9 atom stereocenters. The molecule has 2 aliphatic rings. The Morgan fingerprint density at radius 2 is 1.71 bits per heavy atom. The monoisotopic (exact) mass is 632 g/mol. The molecule has 2 heterocycles. The van der Waals surface area contributed by atoms with E-state index in [2.05, 4.69) is 10.1 Å². The molecule has 0 aliphatic carbocycles. The number of fused-ring (bicyclic) bond motifs is 5. The van der Waals surface area contributed by atoms with Crippen molar-refractivity contribution in [2.45, 2.75) is 111 Å². The summed E-state index contributed by atoms with van der Waals surface area (Å²) in [6.45, 7) is 14.2. The maximum Gasteiger partial charge on any atom is 0.351 e. The van der Waals surface area contributed by atoms with E-state index in [0.29, 0.717) is 11.4 Å². The number of aliphatic hydroxyl groups is 1. The first-order chi connectivity index (χ1) is 21.0. The molecule has 1 amide bonds. The van der Waals surface area contributed by atoms with Gasteiger partial charge in [-0.1, -0.05) is 70.1 Å². The molecule has 1 aromatic carbocycles. The second-order valence-electron chi connectivity index (χ2n) is 13.2. The molecular formula is C34H49FN2O8. The number of hydrogen-bond donors (Lipinski definition) is 1. The van der Waals surface area contributed by atoms with Gasteiger partial charge in [-0.05, 0) is 51.0 Å². The average Bonchev–Trinajstić information content (AvgIpc) is 3.00. The molecule has 0 aromatic heterocycles. The molecular weight excluding hydrogens is 583 g/mol. The quantitative estimate of drug-likeness (QED) is 0.277. The number of carbonyl (C=O) groups excluding carboxylic acids is 3. The lowest BCUT2D eigenvalue weighted by atomic mass is 9.70. The third kappa shape index (κ3) is 8.23. The second-order valence-corrected chi connectivity index (χ2v) is 13.2. The van der Waals surface area contributed by atoms with Crippen LogP contribution in [0.1, 0.15) is 80.7 Å². The Morgan fingerprint density at radius 3 is 2.31 bits per heavy atom. The van der Waals surface area contributed by atoms with Gasteiger partial charge >= 0.3 is 5.97 Å². The number of amides is 1. The molecule has 11 heteroatoms. The van der Waals surface area contributed by atoms with E-state index in [0.717, 1.165) is 12.5 Å². The number of rotatable bonds is 4. The summed E-state index contributed by atoms with van der Waals surface area (Å²) < 4.78 is 34.6. The molecule has 2 fully saturated rings. The van der Waals surface area contributed by atoms with Gasteiger partial charge in [-0.25, -0.2) is 14.2 Å². The molecule has 0 spiro atoms. The smallest absolute Gasteiger partial charge is 0.351 e. The Bertz CT molecular complexity index is 1280. The zero-order valence-corrected chi connectivity index (χ0v) is 28.0. The van der Waals surface area contributed by atoms with Crippen LogP contribution in [0.5, 0.6) is 0 Å². The molecule has 2 saturated heterocycles. The zero-order chi connectivity index (χ0) is 33.7. The van der Waals surface area contributed by atoms with Crippen LogP contribution in [0.3, 0.4) is 0 Å². The minimum atomic E-state index is -2.98. The molecule has 1 N–H and O–H groups in total. The van der Waals surface area contributed by atoms with Crippen molar-refractivity contribution in [2.75, 3.05) is 13.2 Å². The third-order valence-electron chi connectivity index (χ3n) is 9.51. The molecule has 0 saturated carbocycles. The Morgan fingerprint density at radius 1 is 1.07 bits per heavy atom. The first kappa shape index (κ1) is 36.4. The maximum absolute atomic E-state index is 16.1. The number of Topliss-reactive ketones (excluding diaryl/α,β-unsaturated/α-hetero) is 1. The third-order valence-corrected chi connectivity index (χ3v) is 9.51. The molecule has 45 heavy (non-hydrogen) atoms. The molecule has 10 nitrogen and oxygen atoms in total. The number of hydrogen-bond acceptors (Lipinski definition) is 9. The standard InChI is InChI=1S/C34H49FN2O8/c1-10-27-34(9,41)30-22(4)28(36-24(6)38)20(2)16-32(7,23(5)21(3)29(39)33(8,35)31(40)45-27)43-19-26(18-42-30)37-44-17-25-14-12-11-13-15-25/h11-15,20-23,27,30,41H,10,16-19H2,1-9H3/b36-28?,37-26-. The van der Waals surface area contributed by atoms with Crippen molar-refractivity contribution in [2.24, 2.45) is 33.8 Å². The summed E-state index contributed by atoms with van der Waals surface area (Å²) in [6, 6.07) is 9.49. The van der Waals surface area contributed by atoms with E-state index in [1.54, 1.807) is 27.7 Å². The number of ketones is 1. The summed E-state index contributed by atoms with van der Waals surface area (Å²) in [6.07, 6.45) is -2.02. The van der Waals surface area contributed by atoms with Crippen LogP contribution >= 0.6 is 0 Å². The van der Waals surface area contributed by atoms with Gasteiger partial charge in [0.05, 0.1) is 24.9 Å². The minimum Gasteiger partial charge on any atom is -0.457 e. The van der Waals surface area contributed by atoms with Crippen molar-refractivity contribution in [1.82, 2.24) is 0 Å². The van der Waals surface area contributed by atoms with Gasteiger partial charge in [0.15, 0.2) is 5.78 Å². The van der Waals surface area contributed by atoms with Crippen LogP contribution in [0.4, 0.5) is 4.39 Å². The van der Waals surface area contributed by atoms with Crippen molar-refractivity contribution in [3.05, 3.63) is 35.9 Å².